The molecule has 10 nitrogen and oxygen atoms in total. The zero-order valence-electron chi connectivity index (χ0n) is 20.8. The van der Waals surface area contributed by atoms with Gasteiger partial charge in [-0.05, 0) is 39.0 Å². The van der Waals surface area contributed by atoms with E-state index in [2.05, 4.69) is 25.8 Å². The summed E-state index contributed by atoms with van der Waals surface area (Å²) in [5.41, 5.74) is -1.36. The molecule has 2 N–H and O–H groups in total. The Morgan fingerprint density at radius 2 is 1.84 bits per heavy atom. The zero-order chi connectivity index (χ0) is 27.5. The van der Waals surface area contributed by atoms with E-state index in [-0.39, 0.29) is 11.7 Å². The van der Waals surface area contributed by atoms with Crippen molar-refractivity contribution in [3.05, 3.63) is 54.6 Å². The molecule has 4 rings (SSSR count). The maximum atomic E-state index is 13.2. The first-order valence-electron chi connectivity index (χ1n) is 11.4. The molecular weight excluding hydrogens is 507 g/mol. The molecule has 0 saturated heterocycles. The second kappa shape index (κ2) is 10.4. The van der Waals surface area contributed by atoms with E-state index in [9.17, 15) is 18.0 Å². The van der Waals surface area contributed by atoms with Crippen molar-refractivity contribution in [2.24, 2.45) is 0 Å². The number of anilines is 2. The summed E-state index contributed by atoms with van der Waals surface area (Å²) < 4.78 is 61.4. The summed E-state index contributed by atoms with van der Waals surface area (Å²) in [4.78, 5) is 20.9. The quantitative estimate of drug-likeness (QED) is 0.272. The predicted octanol–water partition coefficient (Wildman–Crippen LogP) is 6.30. The molecule has 38 heavy (non-hydrogen) atoms. The molecule has 200 valence electrons. The third-order valence-electron chi connectivity index (χ3n) is 5.57. The molecule has 2 aromatic heterocycles. The van der Waals surface area contributed by atoms with Crippen molar-refractivity contribution in [3.63, 3.8) is 0 Å². The van der Waals surface area contributed by atoms with Crippen molar-refractivity contribution in [2.75, 3.05) is 24.4 Å². The number of urea groups is 1. The van der Waals surface area contributed by atoms with Crippen LogP contribution in [0.15, 0.2) is 53.3 Å². The number of alkyl halides is 3. The van der Waals surface area contributed by atoms with Gasteiger partial charge in [0.15, 0.2) is 23.1 Å². The molecule has 2 heterocycles. The minimum atomic E-state index is -4.56. The fourth-order valence-electron chi connectivity index (χ4n) is 3.35. The van der Waals surface area contributed by atoms with Crippen molar-refractivity contribution in [3.8, 4) is 23.1 Å². The van der Waals surface area contributed by atoms with Gasteiger partial charge in [-0.25, -0.2) is 14.8 Å². The highest BCUT2D eigenvalue weighted by Crippen LogP contribution is 2.41. The number of rotatable bonds is 8. The van der Waals surface area contributed by atoms with Gasteiger partial charge in [-0.3, -0.25) is 5.32 Å². The normalized spacial score (nSPS) is 11.8. The van der Waals surface area contributed by atoms with Gasteiger partial charge in [0.05, 0.1) is 24.6 Å². The Kier molecular flexibility index (Phi) is 7.28. The summed E-state index contributed by atoms with van der Waals surface area (Å²) in [5.74, 6) is 1.02. The number of amides is 2. The number of benzene rings is 2. The van der Waals surface area contributed by atoms with Crippen molar-refractivity contribution in [1.82, 2.24) is 15.1 Å². The third-order valence-corrected chi connectivity index (χ3v) is 5.57. The van der Waals surface area contributed by atoms with Crippen molar-refractivity contribution >= 4 is 28.4 Å². The van der Waals surface area contributed by atoms with Gasteiger partial charge in [-0.15, -0.1) is 0 Å². The molecule has 0 aliphatic carbocycles. The molecule has 0 spiro atoms. The summed E-state index contributed by atoms with van der Waals surface area (Å²) in [6.07, 6.45) is -3.21. The first kappa shape index (κ1) is 26.5. The number of nitrogens with zero attached hydrogens (tertiary/aromatic N) is 3. The smallest absolute Gasteiger partial charge is 0.401 e. The van der Waals surface area contributed by atoms with Crippen molar-refractivity contribution in [2.45, 2.75) is 32.4 Å². The number of aromatic nitrogens is 3. The van der Waals surface area contributed by atoms with Gasteiger partial charge in [-0.1, -0.05) is 11.2 Å². The first-order valence-corrected chi connectivity index (χ1v) is 11.4. The molecule has 0 saturated carbocycles. The minimum Gasteiger partial charge on any atom is -0.493 e. The second-order valence-corrected chi connectivity index (χ2v) is 8.54. The SMILES string of the molecule is CCOc1cc2c(Oc3cccc(NC(=O)Nc4cc(C(C)(C)C(F)(F)F)on4)c3)ncnc2cc1OC. The maximum Gasteiger partial charge on any atom is 0.401 e. The standard InChI is InChI=1S/C25H24F3N5O5/c1-5-36-19-10-16-17(11-18(19)35-4)29-13-30-22(16)37-15-8-6-7-14(9-15)31-23(34)32-21-12-20(38-33-21)24(2,3)25(26,27)28/h6-13H,5H2,1-4H3,(H2,31,32,33,34). The number of ether oxygens (including phenoxy) is 3. The van der Waals surface area contributed by atoms with E-state index in [1.165, 1.54) is 13.4 Å². The number of carbonyl (C=O) groups is 1. The molecular formula is C25H24F3N5O5. The predicted molar refractivity (Wildman–Crippen MR) is 132 cm³/mol. The van der Waals surface area contributed by atoms with Crippen LogP contribution in [0.5, 0.6) is 23.1 Å². The zero-order valence-corrected chi connectivity index (χ0v) is 20.8. The monoisotopic (exact) mass is 531 g/mol. The van der Waals surface area contributed by atoms with Crippen molar-refractivity contribution < 1.29 is 36.7 Å². The molecule has 0 atom stereocenters. The molecule has 4 aromatic rings. The summed E-state index contributed by atoms with van der Waals surface area (Å²) in [5, 5.41) is 9.00. The number of methoxy groups -OCH3 is 1. The van der Waals surface area contributed by atoms with E-state index in [1.54, 1.807) is 36.4 Å². The number of hydrogen-bond donors (Lipinski definition) is 2. The van der Waals surface area contributed by atoms with E-state index < -0.39 is 23.4 Å². The van der Waals surface area contributed by atoms with E-state index in [0.717, 1.165) is 19.9 Å². The van der Waals surface area contributed by atoms with Crippen molar-refractivity contribution in [1.29, 1.82) is 0 Å². The third kappa shape index (κ3) is 5.56. The van der Waals surface area contributed by atoms with Gasteiger partial charge in [0.25, 0.3) is 0 Å². The highest BCUT2D eigenvalue weighted by Gasteiger charge is 2.51. The number of nitrogens with one attached hydrogen (secondary N) is 2. The fraction of sp³-hybridized carbons (Fsp3) is 0.280. The van der Waals surface area contributed by atoms with Crippen LogP contribution in [0.1, 0.15) is 26.5 Å². The molecule has 13 heteroatoms. The topological polar surface area (TPSA) is 121 Å². The van der Waals surface area contributed by atoms with Crippen LogP contribution < -0.4 is 24.8 Å². The lowest BCUT2D eigenvalue weighted by atomic mass is 9.89. The summed E-state index contributed by atoms with van der Waals surface area (Å²) in [6.45, 7) is 4.19. The minimum absolute atomic E-state index is 0.171. The Morgan fingerprint density at radius 3 is 2.55 bits per heavy atom. The maximum absolute atomic E-state index is 13.2. The summed E-state index contributed by atoms with van der Waals surface area (Å²) in [6, 6.07) is 10.2. The average molecular weight is 531 g/mol. The second-order valence-electron chi connectivity index (χ2n) is 8.54. The number of hydrogen-bond acceptors (Lipinski definition) is 8. The fourth-order valence-corrected chi connectivity index (χ4v) is 3.35. The van der Waals surface area contributed by atoms with E-state index in [4.69, 9.17) is 18.7 Å². The lowest BCUT2D eigenvalue weighted by Gasteiger charge is -2.24. The van der Waals surface area contributed by atoms with E-state index >= 15 is 0 Å². The number of carbonyl (C=O) groups excluding carboxylic acids is 1. The largest absolute Gasteiger partial charge is 0.493 e. The van der Waals surface area contributed by atoms with Crippen LogP contribution in [-0.2, 0) is 5.41 Å². The van der Waals surface area contributed by atoms with Crippen LogP contribution in [0.4, 0.5) is 29.5 Å². The van der Waals surface area contributed by atoms with Crippen LogP contribution in [0, 0.1) is 0 Å². The first-order chi connectivity index (χ1) is 18.0. The summed E-state index contributed by atoms with van der Waals surface area (Å²) in [7, 11) is 1.53. The van der Waals surface area contributed by atoms with Gasteiger partial charge in [0.1, 0.15) is 17.5 Å². The Bertz CT molecular complexity index is 1460. The highest BCUT2D eigenvalue weighted by atomic mass is 19.4. The highest BCUT2D eigenvalue weighted by molar-refractivity contribution is 5.99. The number of halogens is 3. The molecule has 0 bridgehead atoms. The summed E-state index contributed by atoms with van der Waals surface area (Å²) >= 11 is 0. The molecule has 2 amide bonds. The van der Waals surface area contributed by atoms with Crippen LogP contribution >= 0.6 is 0 Å². The molecule has 0 aliphatic rings. The van der Waals surface area contributed by atoms with Gasteiger partial charge < -0.3 is 24.1 Å². The molecule has 0 radical (unpaired) electrons. The lowest BCUT2D eigenvalue weighted by molar-refractivity contribution is -0.185. The molecule has 0 unspecified atom stereocenters. The Labute approximate surface area is 215 Å². The number of fused-ring (bicyclic) bond motifs is 1. The molecule has 0 aliphatic heterocycles. The van der Waals surface area contributed by atoms with E-state index in [1.807, 2.05) is 6.92 Å². The average Bonchev–Trinajstić information content (AvgIpc) is 3.33. The van der Waals surface area contributed by atoms with E-state index in [0.29, 0.717) is 40.4 Å². The van der Waals surface area contributed by atoms with Crippen LogP contribution in [-0.4, -0.2) is 41.0 Å². The van der Waals surface area contributed by atoms with Gasteiger partial charge in [0, 0.05) is 23.9 Å². The lowest BCUT2D eigenvalue weighted by Crippen LogP contribution is -2.35. The molecule has 2 aromatic carbocycles. The van der Waals surface area contributed by atoms with Crippen LogP contribution in [0.2, 0.25) is 0 Å². The van der Waals surface area contributed by atoms with Crippen LogP contribution in [0.3, 0.4) is 0 Å². The van der Waals surface area contributed by atoms with Gasteiger partial charge in [-0.2, -0.15) is 13.2 Å². The Hall–Kier alpha value is -4.55. The van der Waals surface area contributed by atoms with Crippen LogP contribution in [0.25, 0.3) is 10.9 Å². The Morgan fingerprint density at radius 1 is 1.05 bits per heavy atom. The van der Waals surface area contributed by atoms with Gasteiger partial charge in [0.2, 0.25) is 5.88 Å². The van der Waals surface area contributed by atoms with Gasteiger partial charge >= 0.3 is 12.2 Å². The molecule has 0 fully saturated rings. The Balaban J connectivity index is 1.49.